The van der Waals surface area contributed by atoms with E-state index >= 15 is 0 Å². The summed E-state index contributed by atoms with van der Waals surface area (Å²) in [6.45, 7) is 4.17. The first-order valence-electron chi connectivity index (χ1n) is 12.1. The first kappa shape index (κ1) is 24.9. The van der Waals surface area contributed by atoms with Gasteiger partial charge in [0.25, 0.3) is 11.8 Å². The van der Waals surface area contributed by atoms with Crippen LogP contribution in [0.5, 0.6) is 0 Å². The highest BCUT2D eigenvalue weighted by molar-refractivity contribution is 6.31. The average molecular weight is 527 g/mol. The number of hydrogen-bond acceptors (Lipinski definition) is 6. The number of halogens is 3. The van der Waals surface area contributed by atoms with Crippen LogP contribution in [0.2, 0.25) is 5.02 Å². The molecule has 11 heteroatoms. The molecule has 0 radical (unpaired) electrons. The number of aromatic nitrogens is 2. The minimum absolute atomic E-state index is 0.0209. The summed E-state index contributed by atoms with van der Waals surface area (Å²) in [4.78, 5) is 29.1. The van der Waals surface area contributed by atoms with E-state index in [0.29, 0.717) is 35.8 Å². The van der Waals surface area contributed by atoms with Crippen molar-refractivity contribution in [2.45, 2.75) is 25.8 Å². The largest absolute Gasteiger partial charge is 0.365 e. The van der Waals surface area contributed by atoms with Gasteiger partial charge in [-0.2, -0.15) is 0 Å². The third-order valence-electron chi connectivity index (χ3n) is 6.71. The van der Waals surface area contributed by atoms with E-state index in [0.717, 1.165) is 38.1 Å². The molecule has 0 aliphatic carbocycles. The second kappa shape index (κ2) is 10.3. The molecule has 5 rings (SSSR count). The van der Waals surface area contributed by atoms with Crippen LogP contribution in [-0.4, -0.2) is 53.1 Å². The number of carbonyl (C=O) groups is 2. The fourth-order valence-electron chi connectivity index (χ4n) is 4.73. The predicted molar refractivity (Wildman–Crippen MR) is 137 cm³/mol. The molecule has 1 unspecified atom stereocenters. The number of hydrogen-bond donors (Lipinski definition) is 2. The number of anilines is 3. The average Bonchev–Trinajstić information content (AvgIpc) is 3.45. The van der Waals surface area contributed by atoms with Crippen LogP contribution in [-0.2, 0) is 0 Å². The number of carbonyl (C=O) groups excluding carboxylic acids is 2. The van der Waals surface area contributed by atoms with E-state index in [9.17, 15) is 18.4 Å². The number of amides is 2. The zero-order valence-electron chi connectivity index (χ0n) is 20.1. The van der Waals surface area contributed by atoms with Crippen LogP contribution in [0.15, 0.2) is 42.5 Å². The van der Waals surface area contributed by atoms with E-state index in [-0.39, 0.29) is 22.2 Å². The molecule has 3 heterocycles. The molecule has 2 amide bonds. The van der Waals surface area contributed by atoms with E-state index < -0.39 is 23.6 Å². The van der Waals surface area contributed by atoms with Gasteiger partial charge in [-0.05, 0) is 62.2 Å². The summed E-state index contributed by atoms with van der Waals surface area (Å²) in [5.41, 5.74) is 1.65. The van der Waals surface area contributed by atoms with E-state index in [1.165, 1.54) is 0 Å². The van der Waals surface area contributed by atoms with Gasteiger partial charge in [0.05, 0.1) is 16.8 Å². The van der Waals surface area contributed by atoms with Gasteiger partial charge in [-0.15, -0.1) is 10.2 Å². The quantitative estimate of drug-likeness (QED) is 0.460. The van der Waals surface area contributed by atoms with Gasteiger partial charge in [0.1, 0.15) is 11.6 Å². The molecule has 192 valence electrons. The van der Waals surface area contributed by atoms with Crippen LogP contribution < -0.4 is 15.5 Å². The van der Waals surface area contributed by atoms with Gasteiger partial charge in [0.15, 0.2) is 11.5 Å². The van der Waals surface area contributed by atoms with Gasteiger partial charge in [-0.25, -0.2) is 8.78 Å². The Morgan fingerprint density at radius 1 is 1.03 bits per heavy atom. The Hall–Kier alpha value is -3.79. The SMILES string of the molecule is CC(c1c(F)ccc(F)c1Cl)N1CCNc2nnc(C(=O)Nc3ccc(C(=O)N4CCCC4)cc3)cc21. The molecule has 2 aliphatic rings. The second-order valence-electron chi connectivity index (χ2n) is 9.05. The van der Waals surface area contributed by atoms with Crippen molar-refractivity contribution in [1.29, 1.82) is 0 Å². The Balaban J connectivity index is 1.35. The van der Waals surface area contributed by atoms with Crippen molar-refractivity contribution >= 4 is 40.6 Å². The van der Waals surface area contributed by atoms with E-state index in [2.05, 4.69) is 20.8 Å². The summed E-state index contributed by atoms with van der Waals surface area (Å²) in [5.74, 6) is -1.42. The maximum Gasteiger partial charge on any atom is 0.276 e. The molecule has 1 saturated heterocycles. The topological polar surface area (TPSA) is 90.5 Å². The summed E-state index contributed by atoms with van der Waals surface area (Å²) in [6, 6.07) is 9.64. The maximum absolute atomic E-state index is 14.6. The van der Waals surface area contributed by atoms with Gasteiger partial charge >= 0.3 is 0 Å². The third-order valence-corrected chi connectivity index (χ3v) is 7.09. The molecule has 2 aromatic carbocycles. The Labute approximate surface area is 217 Å². The molecule has 3 aromatic rings. The standard InChI is InChI=1S/C26H25ClF2N6O2/c1-15(22-18(28)8-9-19(29)23(22)27)35-13-10-30-24-21(35)14-20(32-33-24)25(36)31-17-6-4-16(5-7-17)26(37)34-11-2-3-12-34/h4-9,14-15H,2-3,10-13H2,1H3,(H,30,33)(H,31,36). The van der Waals surface area contributed by atoms with Crippen molar-refractivity contribution in [1.82, 2.24) is 15.1 Å². The number of nitrogens with one attached hydrogen (secondary N) is 2. The zero-order valence-corrected chi connectivity index (χ0v) is 20.9. The van der Waals surface area contributed by atoms with Gasteiger partial charge in [0.2, 0.25) is 0 Å². The van der Waals surface area contributed by atoms with Crippen LogP contribution in [0.25, 0.3) is 0 Å². The summed E-state index contributed by atoms with van der Waals surface area (Å²) in [7, 11) is 0. The van der Waals surface area contributed by atoms with Gasteiger partial charge in [-0.3, -0.25) is 9.59 Å². The first-order chi connectivity index (χ1) is 17.8. The van der Waals surface area contributed by atoms with Gasteiger partial charge in [-0.1, -0.05) is 11.6 Å². The fourth-order valence-corrected chi connectivity index (χ4v) is 5.04. The minimum atomic E-state index is -0.707. The lowest BCUT2D eigenvalue weighted by molar-refractivity contribution is 0.0792. The molecule has 2 N–H and O–H groups in total. The smallest absolute Gasteiger partial charge is 0.276 e. The van der Waals surface area contributed by atoms with Crippen LogP contribution >= 0.6 is 11.6 Å². The number of rotatable bonds is 5. The van der Waals surface area contributed by atoms with Gasteiger partial charge in [0, 0.05) is 43.0 Å². The Morgan fingerprint density at radius 2 is 1.73 bits per heavy atom. The first-order valence-corrected chi connectivity index (χ1v) is 12.4. The number of fused-ring (bicyclic) bond motifs is 1. The van der Waals surface area contributed by atoms with Crippen LogP contribution in [0.3, 0.4) is 0 Å². The van der Waals surface area contributed by atoms with Crippen molar-refractivity contribution in [2.24, 2.45) is 0 Å². The van der Waals surface area contributed by atoms with Gasteiger partial charge < -0.3 is 20.4 Å². The number of nitrogens with zero attached hydrogens (tertiary/aromatic N) is 4. The van der Waals surface area contributed by atoms with Crippen LogP contribution in [0.1, 0.15) is 52.2 Å². The summed E-state index contributed by atoms with van der Waals surface area (Å²) < 4.78 is 28.7. The molecule has 0 saturated carbocycles. The maximum atomic E-state index is 14.6. The molecule has 2 aliphatic heterocycles. The fraction of sp³-hybridized carbons (Fsp3) is 0.308. The lowest BCUT2D eigenvalue weighted by Gasteiger charge is -2.36. The molecule has 37 heavy (non-hydrogen) atoms. The van der Waals surface area contributed by atoms with Crippen molar-refractivity contribution < 1.29 is 18.4 Å². The second-order valence-corrected chi connectivity index (χ2v) is 9.43. The van der Waals surface area contributed by atoms with Crippen molar-refractivity contribution in [2.75, 3.05) is 41.7 Å². The molecule has 0 bridgehead atoms. The summed E-state index contributed by atoms with van der Waals surface area (Å²) >= 11 is 6.11. The van der Waals surface area contributed by atoms with Crippen LogP contribution in [0, 0.1) is 11.6 Å². The molecular weight excluding hydrogens is 502 g/mol. The zero-order chi connectivity index (χ0) is 26.1. The monoisotopic (exact) mass is 526 g/mol. The summed E-state index contributed by atoms with van der Waals surface area (Å²) in [6.07, 6.45) is 2.02. The Morgan fingerprint density at radius 3 is 2.46 bits per heavy atom. The Kier molecular flexibility index (Phi) is 6.92. The molecule has 1 aromatic heterocycles. The van der Waals surface area contributed by atoms with Crippen molar-refractivity contribution in [3.63, 3.8) is 0 Å². The van der Waals surface area contributed by atoms with Crippen LogP contribution in [0.4, 0.5) is 26.0 Å². The molecule has 1 fully saturated rings. The molecule has 8 nitrogen and oxygen atoms in total. The number of benzene rings is 2. The lowest BCUT2D eigenvalue weighted by atomic mass is 10.0. The minimum Gasteiger partial charge on any atom is -0.365 e. The third kappa shape index (κ3) is 4.93. The van der Waals surface area contributed by atoms with Crippen molar-refractivity contribution in [3.05, 3.63) is 75.9 Å². The molecule has 0 spiro atoms. The highest BCUT2D eigenvalue weighted by atomic mass is 35.5. The highest BCUT2D eigenvalue weighted by Crippen LogP contribution is 2.38. The molecule has 1 atom stereocenters. The molecular formula is C26H25ClF2N6O2. The summed E-state index contributed by atoms with van der Waals surface area (Å²) in [5, 5.41) is 13.8. The Bertz CT molecular complexity index is 1350. The number of likely N-dealkylation sites (tertiary alicyclic amines) is 1. The normalized spacial score (nSPS) is 15.7. The lowest BCUT2D eigenvalue weighted by Crippen LogP contribution is -2.37. The van der Waals surface area contributed by atoms with E-state index in [1.807, 2.05) is 4.90 Å². The highest BCUT2D eigenvalue weighted by Gasteiger charge is 2.29. The van der Waals surface area contributed by atoms with Crippen molar-refractivity contribution in [3.8, 4) is 0 Å². The predicted octanol–water partition coefficient (Wildman–Crippen LogP) is 4.89. The van der Waals surface area contributed by atoms with E-state index in [4.69, 9.17) is 11.6 Å². The van der Waals surface area contributed by atoms with E-state index in [1.54, 1.807) is 42.2 Å².